The smallest absolute Gasteiger partial charge is 0.404 e. The second-order valence-corrected chi connectivity index (χ2v) is 9.64. The van der Waals surface area contributed by atoms with Gasteiger partial charge in [-0.15, -0.1) is 0 Å². The van der Waals surface area contributed by atoms with Crippen LogP contribution in [0.25, 0.3) is 0 Å². The minimum absolute atomic E-state index is 0.166. The van der Waals surface area contributed by atoms with Gasteiger partial charge in [0.15, 0.2) is 0 Å². The molecule has 7 nitrogen and oxygen atoms in total. The molecule has 1 amide bonds. The number of rotatable bonds is 4. The fourth-order valence-electron chi connectivity index (χ4n) is 3.97. The van der Waals surface area contributed by atoms with Crippen LogP contribution in [0.4, 0.5) is 16.2 Å². The van der Waals surface area contributed by atoms with Gasteiger partial charge in [-0.2, -0.15) is 0 Å². The molecule has 0 aromatic heterocycles. The number of fused-ring (bicyclic) bond motifs is 1. The molecule has 2 heterocycles. The number of carbonyl (C=O) groups is 1. The van der Waals surface area contributed by atoms with Crippen molar-refractivity contribution in [2.45, 2.75) is 52.7 Å². The largest absolute Gasteiger partial charge is 0.487 e. The van der Waals surface area contributed by atoms with E-state index in [1.54, 1.807) is 0 Å². The summed E-state index contributed by atoms with van der Waals surface area (Å²) >= 11 is 0. The quantitative estimate of drug-likeness (QED) is 0.768. The van der Waals surface area contributed by atoms with E-state index in [0.29, 0.717) is 6.54 Å². The maximum atomic E-state index is 11.3. The summed E-state index contributed by atoms with van der Waals surface area (Å²) in [7, 11) is 0. The zero-order valence-corrected chi connectivity index (χ0v) is 17.7. The average molecular weight is 391 g/mol. The Bertz CT molecular complexity index is 734. The van der Waals surface area contributed by atoms with Gasteiger partial charge in [-0.25, -0.2) is 4.79 Å². The van der Waals surface area contributed by atoms with E-state index in [4.69, 9.17) is 20.9 Å². The van der Waals surface area contributed by atoms with E-state index in [-0.39, 0.29) is 17.1 Å². The topological polar surface area (TPSA) is 94.0 Å². The third-order valence-electron chi connectivity index (χ3n) is 5.57. The number of anilines is 2. The Morgan fingerprint density at radius 1 is 1.25 bits per heavy atom. The van der Waals surface area contributed by atoms with Crippen molar-refractivity contribution in [2.24, 2.45) is 11.1 Å². The molecule has 0 bridgehead atoms. The molecule has 0 radical (unpaired) electrons. The van der Waals surface area contributed by atoms with Crippen LogP contribution in [0.2, 0.25) is 0 Å². The third-order valence-corrected chi connectivity index (χ3v) is 5.57. The van der Waals surface area contributed by atoms with Gasteiger partial charge in [-0.3, -0.25) is 4.90 Å². The molecule has 1 aromatic carbocycles. The van der Waals surface area contributed by atoms with Crippen LogP contribution in [0.1, 0.15) is 40.2 Å². The number of amides is 1. The Balaban J connectivity index is 1.64. The molecule has 7 heteroatoms. The van der Waals surface area contributed by atoms with E-state index >= 15 is 0 Å². The van der Waals surface area contributed by atoms with Crippen LogP contribution in [0, 0.1) is 5.41 Å². The van der Waals surface area contributed by atoms with Crippen LogP contribution in [0.3, 0.4) is 0 Å². The second kappa shape index (κ2) is 7.35. The number of nitrogens with zero attached hydrogens (tertiary/aromatic N) is 2. The Hall–Kier alpha value is -2.15. The molecule has 0 saturated carbocycles. The Kier molecular flexibility index (Phi) is 5.40. The standard InChI is InChI=1S/C21H34N4O3/c1-20(2,3)18(27-19(23)26)13-24-6-8-25(9-7-24)16-11-17-14(10-15(16)22)12-21(4,5)28-17/h10-11,18H,6-9,12-13,22H2,1-5H3,(H2,23,26). The Morgan fingerprint density at radius 3 is 2.46 bits per heavy atom. The first-order valence-corrected chi connectivity index (χ1v) is 9.99. The average Bonchev–Trinajstić information content (AvgIpc) is 2.86. The minimum atomic E-state index is -0.715. The highest BCUT2D eigenvalue weighted by atomic mass is 16.6. The highest BCUT2D eigenvalue weighted by Gasteiger charge is 2.33. The van der Waals surface area contributed by atoms with Gasteiger partial charge in [0.2, 0.25) is 0 Å². The minimum Gasteiger partial charge on any atom is -0.487 e. The molecular weight excluding hydrogens is 356 g/mol. The molecule has 1 atom stereocenters. The van der Waals surface area contributed by atoms with Crippen LogP contribution in [-0.4, -0.2) is 55.4 Å². The molecular formula is C21H34N4O3. The molecule has 0 spiro atoms. The number of carbonyl (C=O) groups excluding carboxylic acids is 1. The number of nitrogens with two attached hydrogens (primary N) is 2. The van der Waals surface area contributed by atoms with E-state index in [1.165, 1.54) is 5.56 Å². The van der Waals surface area contributed by atoms with E-state index in [0.717, 1.165) is 49.7 Å². The third kappa shape index (κ3) is 4.63. The number of piperazine rings is 1. The predicted octanol–water partition coefficient (Wildman–Crippen LogP) is 2.61. The first kappa shape index (κ1) is 20.6. The van der Waals surface area contributed by atoms with Gasteiger partial charge in [0.25, 0.3) is 0 Å². The molecule has 156 valence electrons. The highest BCUT2D eigenvalue weighted by molar-refractivity contribution is 5.72. The van der Waals surface area contributed by atoms with Gasteiger partial charge < -0.3 is 25.8 Å². The van der Waals surface area contributed by atoms with Crippen LogP contribution in [0.5, 0.6) is 5.75 Å². The van der Waals surface area contributed by atoms with Crippen molar-refractivity contribution in [3.63, 3.8) is 0 Å². The van der Waals surface area contributed by atoms with Gasteiger partial charge in [-0.05, 0) is 19.9 Å². The molecule has 3 rings (SSSR count). The van der Waals surface area contributed by atoms with E-state index in [1.807, 2.05) is 0 Å². The number of primary amides is 1. The molecule has 2 aliphatic heterocycles. The van der Waals surface area contributed by atoms with Crippen molar-refractivity contribution in [3.05, 3.63) is 17.7 Å². The first-order chi connectivity index (χ1) is 12.9. The van der Waals surface area contributed by atoms with Gasteiger partial charge in [-0.1, -0.05) is 20.8 Å². The summed E-state index contributed by atoms with van der Waals surface area (Å²) in [4.78, 5) is 15.9. The monoisotopic (exact) mass is 390 g/mol. The molecule has 4 N–H and O–H groups in total. The number of ether oxygens (including phenoxy) is 2. The number of hydrogen-bond donors (Lipinski definition) is 2. The lowest BCUT2D eigenvalue weighted by atomic mass is 9.88. The van der Waals surface area contributed by atoms with Crippen molar-refractivity contribution < 1.29 is 14.3 Å². The van der Waals surface area contributed by atoms with E-state index in [2.05, 4.69) is 56.6 Å². The van der Waals surface area contributed by atoms with Crippen molar-refractivity contribution in [1.82, 2.24) is 4.90 Å². The molecule has 0 aliphatic carbocycles. The van der Waals surface area contributed by atoms with Crippen LogP contribution in [0.15, 0.2) is 12.1 Å². The Labute approximate surface area is 167 Å². The summed E-state index contributed by atoms with van der Waals surface area (Å²) in [6, 6.07) is 4.14. The van der Waals surface area contributed by atoms with Gasteiger partial charge in [0, 0.05) is 56.2 Å². The van der Waals surface area contributed by atoms with Crippen molar-refractivity contribution in [3.8, 4) is 5.75 Å². The first-order valence-electron chi connectivity index (χ1n) is 9.99. The normalized spacial score (nSPS) is 20.4. The summed E-state index contributed by atoms with van der Waals surface area (Å²) in [5.41, 5.74) is 14.3. The molecule has 1 unspecified atom stereocenters. The summed E-state index contributed by atoms with van der Waals surface area (Å²) < 4.78 is 11.4. The number of benzene rings is 1. The number of hydrogen-bond acceptors (Lipinski definition) is 6. The Morgan fingerprint density at radius 2 is 1.89 bits per heavy atom. The van der Waals surface area contributed by atoms with Gasteiger partial charge >= 0.3 is 6.09 Å². The fraction of sp³-hybridized carbons (Fsp3) is 0.667. The molecule has 1 saturated heterocycles. The van der Waals surface area contributed by atoms with Crippen LogP contribution < -0.4 is 21.1 Å². The fourth-order valence-corrected chi connectivity index (χ4v) is 3.97. The summed E-state index contributed by atoms with van der Waals surface area (Å²) in [6.07, 6.45) is -0.0705. The van der Waals surface area contributed by atoms with E-state index in [9.17, 15) is 4.79 Å². The number of nitrogen functional groups attached to an aromatic ring is 1. The SMILES string of the molecule is CC1(C)Cc2cc(N)c(N3CCN(CC(OC(N)=O)C(C)(C)C)CC3)cc2O1. The predicted molar refractivity (Wildman–Crippen MR) is 112 cm³/mol. The van der Waals surface area contributed by atoms with Crippen molar-refractivity contribution >= 4 is 17.5 Å². The maximum Gasteiger partial charge on any atom is 0.404 e. The zero-order chi connectivity index (χ0) is 20.7. The van der Waals surface area contributed by atoms with Gasteiger partial charge in [0.05, 0.1) is 11.4 Å². The lowest BCUT2D eigenvalue weighted by Crippen LogP contribution is -2.51. The molecule has 1 fully saturated rings. The lowest BCUT2D eigenvalue weighted by Gasteiger charge is -2.40. The second-order valence-electron chi connectivity index (χ2n) is 9.64. The van der Waals surface area contributed by atoms with Crippen LogP contribution >= 0.6 is 0 Å². The maximum absolute atomic E-state index is 11.3. The molecule has 28 heavy (non-hydrogen) atoms. The van der Waals surface area contributed by atoms with E-state index < -0.39 is 6.09 Å². The molecule has 1 aromatic rings. The summed E-state index contributed by atoms with van der Waals surface area (Å²) in [5, 5.41) is 0. The van der Waals surface area contributed by atoms with Crippen molar-refractivity contribution in [2.75, 3.05) is 43.4 Å². The van der Waals surface area contributed by atoms with Gasteiger partial charge in [0.1, 0.15) is 17.5 Å². The van der Waals surface area contributed by atoms with Crippen molar-refractivity contribution in [1.29, 1.82) is 0 Å². The molecule has 2 aliphatic rings. The summed E-state index contributed by atoms with van der Waals surface area (Å²) in [6.45, 7) is 14.5. The lowest BCUT2D eigenvalue weighted by molar-refractivity contribution is 0.0105. The summed E-state index contributed by atoms with van der Waals surface area (Å²) in [5.74, 6) is 0.944. The zero-order valence-electron chi connectivity index (χ0n) is 17.7. The van der Waals surface area contributed by atoms with Crippen LogP contribution in [-0.2, 0) is 11.2 Å². The highest BCUT2D eigenvalue weighted by Crippen LogP contribution is 2.40.